The standard InChI is InChI=1S/C27H31ClN2O/c1-29(2)23-11-9-20(10-12-23)13-15-30-16-14-22-17-26(28)27(31-3)18-24(22)25(19-30)21-7-5-4-6-8-21/h4-12,17-18,25H,13-16,19H2,1-3H3/t25-/m0/s1. The van der Waals surface area contributed by atoms with E-state index < -0.39 is 0 Å². The maximum absolute atomic E-state index is 6.48. The van der Waals surface area contributed by atoms with Gasteiger partial charge in [-0.15, -0.1) is 0 Å². The van der Waals surface area contributed by atoms with E-state index in [1.54, 1.807) is 7.11 Å². The maximum Gasteiger partial charge on any atom is 0.137 e. The Morgan fingerprint density at radius 1 is 1.03 bits per heavy atom. The lowest BCUT2D eigenvalue weighted by Crippen LogP contribution is -2.30. The Bertz CT molecular complexity index is 1000. The maximum atomic E-state index is 6.48. The zero-order valence-electron chi connectivity index (χ0n) is 18.6. The molecule has 4 rings (SSSR count). The molecule has 1 aliphatic heterocycles. The Balaban J connectivity index is 1.56. The minimum Gasteiger partial charge on any atom is -0.495 e. The number of fused-ring (bicyclic) bond motifs is 1. The SMILES string of the molecule is COc1cc2c(cc1Cl)CCN(CCc1ccc(N(C)C)cc1)C[C@H]2c1ccccc1. The van der Waals surface area contributed by atoms with Gasteiger partial charge >= 0.3 is 0 Å². The quantitative estimate of drug-likeness (QED) is 0.498. The summed E-state index contributed by atoms with van der Waals surface area (Å²) in [5.41, 5.74) is 6.63. The summed E-state index contributed by atoms with van der Waals surface area (Å²) in [4.78, 5) is 4.73. The Morgan fingerprint density at radius 2 is 1.77 bits per heavy atom. The summed E-state index contributed by atoms with van der Waals surface area (Å²) < 4.78 is 5.55. The van der Waals surface area contributed by atoms with E-state index in [1.807, 2.05) is 0 Å². The lowest BCUT2D eigenvalue weighted by Gasteiger charge is -2.26. The van der Waals surface area contributed by atoms with Crippen LogP contribution < -0.4 is 9.64 Å². The van der Waals surface area contributed by atoms with E-state index in [4.69, 9.17) is 16.3 Å². The number of nitrogens with zero attached hydrogens (tertiary/aromatic N) is 2. The molecule has 0 saturated carbocycles. The number of methoxy groups -OCH3 is 1. The molecule has 0 amide bonds. The van der Waals surface area contributed by atoms with Crippen molar-refractivity contribution >= 4 is 17.3 Å². The molecule has 0 spiro atoms. The van der Waals surface area contributed by atoms with Crippen LogP contribution in [0, 0.1) is 0 Å². The molecule has 0 N–H and O–H groups in total. The lowest BCUT2D eigenvalue weighted by atomic mass is 9.88. The van der Waals surface area contributed by atoms with E-state index in [0.29, 0.717) is 10.9 Å². The monoisotopic (exact) mass is 434 g/mol. The number of benzene rings is 3. The second-order valence-electron chi connectivity index (χ2n) is 8.51. The number of halogens is 1. The highest BCUT2D eigenvalue weighted by molar-refractivity contribution is 6.32. The Labute approximate surface area is 191 Å². The van der Waals surface area contributed by atoms with E-state index in [1.165, 1.54) is 27.9 Å². The van der Waals surface area contributed by atoms with Crippen molar-refractivity contribution in [3.63, 3.8) is 0 Å². The summed E-state index contributed by atoms with van der Waals surface area (Å²) in [6.45, 7) is 3.08. The van der Waals surface area contributed by atoms with Crippen molar-refractivity contribution in [1.29, 1.82) is 0 Å². The van der Waals surface area contributed by atoms with E-state index in [-0.39, 0.29) is 0 Å². The van der Waals surface area contributed by atoms with Gasteiger partial charge < -0.3 is 14.5 Å². The first kappa shape index (κ1) is 21.7. The smallest absolute Gasteiger partial charge is 0.137 e. The third-order valence-electron chi connectivity index (χ3n) is 6.30. The van der Waals surface area contributed by atoms with Crippen LogP contribution >= 0.6 is 11.6 Å². The summed E-state index contributed by atoms with van der Waals surface area (Å²) >= 11 is 6.48. The predicted octanol–water partition coefficient (Wildman–Crippen LogP) is 5.65. The van der Waals surface area contributed by atoms with Crippen molar-refractivity contribution in [2.75, 3.05) is 45.7 Å². The third kappa shape index (κ3) is 5.06. The topological polar surface area (TPSA) is 15.7 Å². The van der Waals surface area contributed by atoms with Gasteiger partial charge in [-0.3, -0.25) is 0 Å². The first-order valence-corrected chi connectivity index (χ1v) is 11.3. The zero-order valence-corrected chi connectivity index (χ0v) is 19.4. The minimum absolute atomic E-state index is 0.306. The molecule has 3 aromatic rings. The molecule has 0 fully saturated rings. The number of hydrogen-bond donors (Lipinski definition) is 0. The highest BCUT2D eigenvalue weighted by atomic mass is 35.5. The lowest BCUT2D eigenvalue weighted by molar-refractivity contribution is 0.280. The fourth-order valence-electron chi connectivity index (χ4n) is 4.46. The molecular weight excluding hydrogens is 404 g/mol. The molecule has 0 unspecified atom stereocenters. The predicted molar refractivity (Wildman–Crippen MR) is 131 cm³/mol. The van der Waals surface area contributed by atoms with Crippen LogP contribution in [0.4, 0.5) is 5.69 Å². The minimum atomic E-state index is 0.306. The largest absolute Gasteiger partial charge is 0.495 e. The molecule has 0 aromatic heterocycles. The van der Waals surface area contributed by atoms with Crippen molar-refractivity contribution in [2.24, 2.45) is 0 Å². The summed E-state index contributed by atoms with van der Waals surface area (Å²) in [5, 5.41) is 0.697. The van der Waals surface area contributed by atoms with Gasteiger partial charge in [-0.25, -0.2) is 0 Å². The van der Waals surface area contributed by atoms with Crippen LogP contribution in [0.25, 0.3) is 0 Å². The number of anilines is 1. The molecule has 0 radical (unpaired) electrons. The zero-order chi connectivity index (χ0) is 21.8. The van der Waals surface area contributed by atoms with Crippen molar-refractivity contribution in [3.05, 3.63) is 94.0 Å². The third-order valence-corrected chi connectivity index (χ3v) is 6.59. The van der Waals surface area contributed by atoms with Crippen molar-refractivity contribution in [1.82, 2.24) is 4.90 Å². The normalized spacial score (nSPS) is 16.5. The van der Waals surface area contributed by atoms with Crippen molar-refractivity contribution in [2.45, 2.75) is 18.8 Å². The summed E-state index contributed by atoms with van der Waals surface area (Å²) in [6, 6.07) is 24.0. The molecular formula is C27H31ClN2O. The number of ether oxygens (including phenoxy) is 1. The first-order valence-electron chi connectivity index (χ1n) is 10.9. The van der Waals surface area contributed by atoms with Crippen molar-refractivity contribution < 1.29 is 4.74 Å². The van der Waals surface area contributed by atoms with E-state index >= 15 is 0 Å². The van der Waals surface area contributed by atoms with Gasteiger partial charge in [0.2, 0.25) is 0 Å². The second kappa shape index (κ2) is 9.76. The Hall–Kier alpha value is -2.49. The first-order chi connectivity index (χ1) is 15.0. The van der Waals surface area contributed by atoms with Crippen LogP contribution in [0.15, 0.2) is 66.7 Å². The van der Waals surface area contributed by atoms with Gasteiger partial charge in [0.25, 0.3) is 0 Å². The fourth-order valence-corrected chi connectivity index (χ4v) is 4.72. The van der Waals surface area contributed by atoms with E-state index in [2.05, 4.69) is 90.6 Å². The molecule has 0 bridgehead atoms. The van der Waals surface area contributed by atoms with Gasteiger partial charge in [0.1, 0.15) is 5.75 Å². The molecule has 0 aliphatic carbocycles. The van der Waals surface area contributed by atoms with Crippen LogP contribution in [0.5, 0.6) is 5.75 Å². The van der Waals surface area contributed by atoms with Gasteiger partial charge in [-0.1, -0.05) is 54.1 Å². The van der Waals surface area contributed by atoms with Crippen LogP contribution in [-0.4, -0.2) is 45.7 Å². The molecule has 1 heterocycles. The van der Waals surface area contributed by atoms with E-state index in [0.717, 1.165) is 38.2 Å². The second-order valence-corrected chi connectivity index (χ2v) is 8.92. The molecule has 31 heavy (non-hydrogen) atoms. The van der Waals surface area contributed by atoms with Crippen LogP contribution in [0.3, 0.4) is 0 Å². The molecule has 162 valence electrons. The molecule has 4 heteroatoms. The van der Waals surface area contributed by atoms with Gasteiger partial charge in [0.05, 0.1) is 12.1 Å². The Morgan fingerprint density at radius 3 is 2.45 bits per heavy atom. The average molecular weight is 435 g/mol. The van der Waals surface area contributed by atoms with E-state index in [9.17, 15) is 0 Å². The number of hydrogen-bond acceptors (Lipinski definition) is 3. The highest BCUT2D eigenvalue weighted by Gasteiger charge is 2.26. The molecule has 1 aliphatic rings. The van der Waals surface area contributed by atoms with Crippen LogP contribution in [-0.2, 0) is 12.8 Å². The average Bonchev–Trinajstić information content (AvgIpc) is 2.97. The van der Waals surface area contributed by atoms with Gasteiger partial charge in [0.15, 0.2) is 0 Å². The molecule has 1 atom stereocenters. The van der Waals surface area contributed by atoms with Crippen LogP contribution in [0.1, 0.15) is 28.2 Å². The molecule has 3 aromatic carbocycles. The summed E-state index contributed by atoms with van der Waals surface area (Å²) in [6.07, 6.45) is 2.05. The summed E-state index contributed by atoms with van der Waals surface area (Å²) in [7, 11) is 5.85. The fraction of sp³-hybridized carbons (Fsp3) is 0.333. The van der Waals surface area contributed by atoms with Gasteiger partial charge in [-0.2, -0.15) is 0 Å². The highest BCUT2D eigenvalue weighted by Crippen LogP contribution is 2.37. The molecule has 0 saturated heterocycles. The van der Waals surface area contributed by atoms with Crippen LogP contribution in [0.2, 0.25) is 5.02 Å². The summed E-state index contributed by atoms with van der Waals surface area (Å²) in [5.74, 6) is 1.07. The van der Waals surface area contributed by atoms with Gasteiger partial charge in [-0.05, 0) is 59.4 Å². The van der Waals surface area contributed by atoms with Gasteiger partial charge in [0, 0.05) is 45.3 Å². The number of rotatable bonds is 6. The van der Waals surface area contributed by atoms with Crippen molar-refractivity contribution in [3.8, 4) is 5.75 Å². The molecule has 3 nitrogen and oxygen atoms in total. The Kier molecular flexibility index (Phi) is 6.84.